The molecular weight excluding hydrogens is 268 g/mol. The van der Waals surface area contributed by atoms with Gasteiger partial charge in [-0.05, 0) is 36.5 Å². The largest absolute Gasteiger partial charge is 0.478 e. The molecule has 0 heterocycles. The van der Waals surface area contributed by atoms with Crippen LogP contribution >= 0.6 is 0 Å². The standard InChI is InChI=1S/C16H20N2O3/c19-15(20)14-7-5-13(6-8-14)11-18-16(21)17-10-9-12-3-1-2-4-12/h5-10,12H,1-4,11H2,(H,19,20)(H2,17,18,21)/b10-9+. The summed E-state index contributed by atoms with van der Waals surface area (Å²) in [4.78, 5) is 22.3. The molecule has 0 unspecified atom stereocenters. The van der Waals surface area contributed by atoms with Crippen molar-refractivity contribution >= 4 is 12.0 Å². The van der Waals surface area contributed by atoms with E-state index in [-0.39, 0.29) is 11.6 Å². The van der Waals surface area contributed by atoms with Crippen LogP contribution in [0.3, 0.4) is 0 Å². The minimum Gasteiger partial charge on any atom is -0.478 e. The number of urea groups is 1. The molecule has 0 aromatic heterocycles. The van der Waals surface area contributed by atoms with E-state index in [9.17, 15) is 9.59 Å². The molecule has 1 aliphatic rings. The van der Waals surface area contributed by atoms with Gasteiger partial charge < -0.3 is 15.7 Å². The second-order valence-corrected chi connectivity index (χ2v) is 5.23. The summed E-state index contributed by atoms with van der Waals surface area (Å²) >= 11 is 0. The van der Waals surface area contributed by atoms with Crippen molar-refractivity contribution in [2.45, 2.75) is 32.2 Å². The van der Waals surface area contributed by atoms with Crippen LogP contribution in [-0.2, 0) is 6.54 Å². The lowest BCUT2D eigenvalue weighted by atomic mass is 10.1. The van der Waals surface area contributed by atoms with Crippen molar-refractivity contribution in [2.24, 2.45) is 5.92 Å². The maximum atomic E-state index is 11.6. The lowest BCUT2D eigenvalue weighted by Gasteiger charge is -2.06. The van der Waals surface area contributed by atoms with E-state index >= 15 is 0 Å². The first-order valence-electron chi connectivity index (χ1n) is 7.18. The zero-order chi connectivity index (χ0) is 15.1. The lowest BCUT2D eigenvalue weighted by Crippen LogP contribution is -2.31. The number of nitrogens with one attached hydrogen (secondary N) is 2. The SMILES string of the molecule is O=C(N/C=C/C1CCCC1)NCc1ccc(C(=O)O)cc1. The normalized spacial score (nSPS) is 15.2. The summed E-state index contributed by atoms with van der Waals surface area (Å²) in [6, 6.07) is 6.18. The van der Waals surface area contributed by atoms with Crippen LogP contribution in [0.1, 0.15) is 41.6 Å². The summed E-state index contributed by atoms with van der Waals surface area (Å²) in [6.07, 6.45) is 8.71. The highest BCUT2D eigenvalue weighted by molar-refractivity contribution is 5.87. The fourth-order valence-electron chi connectivity index (χ4n) is 2.41. The summed E-state index contributed by atoms with van der Waals surface area (Å²) in [5.41, 5.74) is 1.10. The molecular formula is C16H20N2O3. The number of allylic oxidation sites excluding steroid dienone is 1. The van der Waals surface area contributed by atoms with Gasteiger partial charge in [-0.25, -0.2) is 9.59 Å². The maximum absolute atomic E-state index is 11.6. The van der Waals surface area contributed by atoms with E-state index in [1.165, 1.54) is 37.8 Å². The molecule has 2 amide bonds. The molecule has 1 aromatic rings. The molecule has 0 aliphatic heterocycles. The van der Waals surface area contributed by atoms with E-state index in [2.05, 4.69) is 10.6 Å². The zero-order valence-corrected chi connectivity index (χ0v) is 11.8. The Morgan fingerprint density at radius 1 is 1.19 bits per heavy atom. The van der Waals surface area contributed by atoms with Crippen molar-refractivity contribution in [1.29, 1.82) is 0 Å². The van der Waals surface area contributed by atoms with E-state index in [4.69, 9.17) is 5.11 Å². The highest BCUT2D eigenvalue weighted by atomic mass is 16.4. The van der Waals surface area contributed by atoms with Crippen LogP contribution in [0.2, 0.25) is 0 Å². The molecule has 112 valence electrons. The van der Waals surface area contributed by atoms with Crippen LogP contribution in [-0.4, -0.2) is 17.1 Å². The molecule has 0 saturated heterocycles. The Labute approximate surface area is 124 Å². The number of hydrogen-bond acceptors (Lipinski definition) is 2. The predicted molar refractivity (Wildman–Crippen MR) is 79.9 cm³/mol. The van der Waals surface area contributed by atoms with Gasteiger partial charge in [0, 0.05) is 12.7 Å². The Morgan fingerprint density at radius 2 is 1.86 bits per heavy atom. The quantitative estimate of drug-likeness (QED) is 0.779. The van der Waals surface area contributed by atoms with Gasteiger partial charge in [-0.1, -0.05) is 31.1 Å². The molecule has 1 aromatic carbocycles. The van der Waals surface area contributed by atoms with Gasteiger partial charge in [0.15, 0.2) is 0 Å². The number of amides is 2. The topological polar surface area (TPSA) is 78.4 Å². The average Bonchev–Trinajstić information content (AvgIpc) is 2.99. The van der Waals surface area contributed by atoms with Crippen LogP contribution in [0.25, 0.3) is 0 Å². The smallest absolute Gasteiger partial charge is 0.335 e. The van der Waals surface area contributed by atoms with E-state index in [1.54, 1.807) is 18.3 Å². The number of carbonyl (C=O) groups is 2. The number of carboxylic acid groups (broad SMARTS) is 1. The second kappa shape index (κ2) is 7.47. The van der Waals surface area contributed by atoms with Gasteiger partial charge in [0.25, 0.3) is 0 Å². The third kappa shape index (κ3) is 4.95. The second-order valence-electron chi connectivity index (χ2n) is 5.23. The van der Waals surface area contributed by atoms with Gasteiger partial charge >= 0.3 is 12.0 Å². The molecule has 0 bridgehead atoms. The molecule has 1 fully saturated rings. The fourth-order valence-corrected chi connectivity index (χ4v) is 2.41. The van der Waals surface area contributed by atoms with Crippen molar-refractivity contribution in [3.8, 4) is 0 Å². The molecule has 5 heteroatoms. The van der Waals surface area contributed by atoms with Crippen molar-refractivity contribution < 1.29 is 14.7 Å². The highest BCUT2D eigenvalue weighted by Gasteiger charge is 2.11. The van der Waals surface area contributed by atoms with Crippen molar-refractivity contribution in [1.82, 2.24) is 10.6 Å². The molecule has 21 heavy (non-hydrogen) atoms. The van der Waals surface area contributed by atoms with Crippen LogP contribution in [0.4, 0.5) is 4.79 Å². The van der Waals surface area contributed by atoms with E-state index in [0.717, 1.165) is 5.56 Å². The maximum Gasteiger partial charge on any atom is 0.335 e. The Morgan fingerprint density at radius 3 is 2.48 bits per heavy atom. The third-order valence-electron chi connectivity index (χ3n) is 3.64. The Balaban J connectivity index is 1.71. The van der Waals surface area contributed by atoms with Crippen LogP contribution in [0.5, 0.6) is 0 Å². The molecule has 0 atom stereocenters. The molecule has 5 nitrogen and oxygen atoms in total. The third-order valence-corrected chi connectivity index (χ3v) is 3.64. The molecule has 3 N–H and O–H groups in total. The average molecular weight is 288 g/mol. The monoisotopic (exact) mass is 288 g/mol. The number of carboxylic acids is 1. The predicted octanol–water partition coefficient (Wildman–Crippen LogP) is 2.89. The Hall–Kier alpha value is -2.30. The lowest BCUT2D eigenvalue weighted by molar-refractivity contribution is 0.0697. The Kier molecular flexibility index (Phi) is 5.37. The zero-order valence-electron chi connectivity index (χ0n) is 11.8. The fraction of sp³-hybridized carbons (Fsp3) is 0.375. The summed E-state index contributed by atoms with van der Waals surface area (Å²) in [6.45, 7) is 0.364. The van der Waals surface area contributed by atoms with Gasteiger partial charge in [0.1, 0.15) is 0 Å². The first kappa shape index (κ1) is 15.1. The molecule has 2 rings (SSSR count). The first-order chi connectivity index (χ1) is 10.1. The minimum atomic E-state index is -0.954. The van der Waals surface area contributed by atoms with Gasteiger partial charge in [0.05, 0.1) is 5.56 Å². The summed E-state index contributed by atoms with van der Waals surface area (Å²) in [5, 5.41) is 14.2. The van der Waals surface area contributed by atoms with Gasteiger partial charge in [-0.2, -0.15) is 0 Å². The van der Waals surface area contributed by atoms with Crippen molar-refractivity contribution in [3.05, 3.63) is 47.7 Å². The highest BCUT2D eigenvalue weighted by Crippen LogP contribution is 2.25. The number of aromatic carboxylic acids is 1. The first-order valence-corrected chi connectivity index (χ1v) is 7.18. The van der Waals surface area contributed by atoms with Crippen molar-refractivity contribution in [2.75, 3.05) is 0 Å². The summed E-state index contributed by atoms with van der Waals surface area (Å²) < 4.78 is 0. The van der Waals surface area contributed by atoms with Crippen LogP contribution in [0.15, 0.2) is 36.5 Å². The molecule has 1 saturated carbocycles. The van der Waals surface area contributed by atoms with Crippen LogP contribution in [0, 0.1) is 5.92 Å². The number of benzene rings is 1. The minimum absolute atomic E-state index is 0.239. The van der Waals surface area contributed by atoms with Crippen molar-refractivity contribution in [3.63, 3.8) is 0 Å². The molecule has 0 radical (unpaired) electrons. The number of rotatable bonds is 5. The van der Waals surface area contributed by atoms with Gasteiger partial charge in [0.2, 0.25) is 0 Å². The van der Waals surface area contributed by atoms with E-state index < -0.39 is 5.97 Å². The molecule has 1 aliphatic carbocycles. The molecule has 0 spiro atoms. The Bertz CT molecular complexity index is 517. The van der Waals surface area contributed by atoms with Gasteiger partial charge in [-0.15, -0.1) is 0 Å². The van der Waals surface area contributed by atoms with Gasteiger partial charge in [-0.3, -0.25) is 0 Å². The number of carbonyl (C=O) groups excluding carboxylic acids is 1. The van der Waals surface area contributed by atoms with E-state index in [0.29, 0.717) is 12.5 Å². The summed E-state index contributed by atoms with van der Waals surface area (Å²) in [7, 11) is 0. The van der Waals surface area contributed by atoms with E-state index in [1.807, 2.05) is 6.08 Å². The van der Waals surface area contributed by atoms with Crippen LogP contribution < -0.4 is 10.6 Å². The summed E-state index contributed by atoms with van der Waals surface area (Å²) in [5.74, 6) is -0.363. The number of hydrogen-bond donors (Lipinski definition) is 3.